The zero-order valence-electron chi connectivity index (χ0n) is 14.4. The summed E-state index contributed by atoms with van der Waals surface area (Å²) in [6.07, 6.45) is 6.04. The number of fused-ring (bicyclic) bond motifs is 1. The van der Waals surface area contributed by atoms with Crippen LogP contribution in [0.25, 0.3) is 0 Å². The summed E-state index contributed by atoms with van der Waals surface area (Å²) in [6, 6.07) is 0. The molecular weight excluding hydrogens is 260 g/mol. The predicted octanol–water partition coefficient (Wildman–Crippen LogP) is 4.98. The maximum absolute atomic E-state index is 12.0. The summed E-state index contributed by atoms with van der Waals surface area (Å²) in [5, 5.41) is 0. The second-order valence-electron chi connectivity index (χ2n) is 8.12. The number of hydrogen-bond acceptors (Lipinski definition) is 2. The SMILES string of the molecule is C=C(C)C(=O)OC1CC[C@H](C)[C@@H]2C[C@H](C(C)C)CC[C@@]12C. The molecule has 2 saturated carbocycles. The molecule has 2 aliphatic carbocycles. The van der Waals surface area contributed by atoms with E-state index >= 15 is 0 Å². The van der Waals surface area contributed by atoms with Gasteiger partial charge in [0.05, 0.1) is 0 Å². The van der Waals surface area contributed by atoms with Crippen molar-refractivity contribution in [2.45, 2.75) is 72.8 Å². The van der Waals surface area contributed by atoms with Crippen LogP contribution in [0.3, 0.4) is 0 Å². The maximum atomic E-state index is 12.0. The van der Waals surface area contributed by atoms with Crippen LogP contribution in [-0.2, 0) is 9.53 Å². The summed E-state index contributed by atoms with van der Waals surface area (Å²) in [4.78, 5) is 12.0. The fourth-order valence-corrected chi connectivity index (χ4v) is 4.65. The van der Waals surface area contributed by atoms with E-state index in [4.69, 9.17) is 4.74 Å². The Morgan fingerprint density at radius 2 is 1.95 bits per heavy atom. The quantitative estimate of drug-likeness (QED) is 0.541. The standard InChI is InChI=1S/C19H32O2/c1-12(2)15-9-10-19(6)16(11-15)14(5)7-8-17(19)21-18(20)13(3)4/h12,14-17H,3,7-11H2,1-2,4-6H3/t14-,15+,16-,17?,19+/m0/s1. The third-order valence-corrected chi connectivity index (χ3v) is 6.30. The van der Waals surface area contributed by atoms with Gasteiger partial charge < -0.3 is 4.74 Å². The van der Waals surface area contributed by atoms with E-state index in [-0.39, 0.29) is 17.5 Å². The first kappa shape index (κ1) is 16.6. The first-order valence-corrected chi connectivity index (χ1v) is 8.62. The third kappa shape index (κ3) is 3.19. The van der Waals surface area contributed by atoms with Crippen molar-refractivity contribution in [3.8, 4) is 0 Å². The Labute approximate surface area is 130 Å². The molecule has 0 spiro atoms. The Kier molecular flexibility index (Phi) is 4.85. The topological polar surface area (TPSA) is 26.3 Å². The summed E-state index contributed by atoms with van der Waals surface area (Å²) in [5.41, 5.74) is 0.679. The van der Waals surface area contributed by atoms with Gasteiger partial charge in [-0.25, -0.2) is 4.79 Å². The van der Waals surface area contributed by atoms with Crippen LogP contribution >= 0.6 is 0 Å². The lowest BCUT2D eigenvalue weighted by Gasteiger charge is -2.54. The average Bonchev–Trinajstić information content (AvgIpc) is 2.41. The molecule has 2 nitrogen and oxygen atoms in total. The van der Waals surface area contributed by atoms with Crippen LogP contribution in [0.4, 0.5) is 0 Å². The monoisotopic (exact) mass is 292 g/mol. The van der Waals surface area contributed by atoms with Crippen molar-refractivity contribution in [3.05, 3.63) is 12.2 Å². The van der Waals surface area contributed by atoms with Crippen LogP contribution in [0.1, 0.15) is 66.7 Å². The number of carbonyl (C=O) groups is 1. The van der Waals surface area contributed by atoms with E-state index in [1.165, 1.54) is 25.7 Å². The normalized spacial score (nSPS) is 39.7. The van der Waals surface area contributed by atoms with E-state index in [1.54, 1.807) is 6.92 Å². The molecule has 0 radical (unpaired) electrons. The van der Waals surface area contributed by atoms with E-state index in [0.717, 1.165) is 24.2 Å². The van der Waals surface area contributed by atoms with Crippen molar-refractivity contribution in [3.63, 3.8) is 0 Å². The molecule has 0 saturated heterocycles. The van der Waals surface area contributed by atoms with Crippen molar-refractivity contribution >= 4 is 5.97 Å². The highest BCUT2D eigenvalue weighted by atomic mass is 16.5. The van der Waals surface area contributed by atoms with Gasteiger partial charge in [0.1, 0.15) is 6.10 Å². The largest absolute Gasteiger partial charge is 0.458 e. The minimum absolute atomic E-state index is 0.0796. The highest BCUT2D eigenvalue weighted by Crippen LogP contribution is 2.55. The van der Waals surface area contributed by atoms with Crippen molar-refractivity contribution in [1.82, 2.24) is 0 Å². The van der Waals surface area contributed by atoms with Gasteiger partial charge in [-0.15, -0.1) is 0 Å². The van der Waals surface area contributed by atoms with E-state index < -0.39 is 0 Å². The first-order valence-electron chi connectivity index (χ1n) is 8.62. The van der Waals surface area contributed by atoms with E-state index in [9.17, 15) is 4.79 Å². The molecule has 0 aromatic rings. The van der Waals surface area contributed by atoms with Crippen molar-refractivity contribution in [1.29, 1.82) is 0 Å². The summed E-state index contributed by atoms with van der Waals surface area (Å²) in [6.45, 7) is 14.9. The second-order valence-corrected chi connectivity index (χ2v) is 8.12. The molecule has 2 fully saturated rings. The molecular formula is C19H32O2. The average molecular weight is 292 g/mol. The van der Waals surface area contributed by atoms with Crippen LogP contribution < -0.4 is 0 Å². The minimum Gasteiger partial charge on any atom is -0.458 e. The molecule has 2 rings (SSSR count). The van der Waals surface area contributed by atoms with Crippen LogP contribution in [0.5, 0.6) is 0 Å². The van der Waals surface area contributed by atoms with Gasteiger partial charge in [-0.3, -0.25) is 0 Å². The third-order valence-electron chi connectivity index (χ3n) is 6.30. The Bertz CT molecular complexity index is 412. The van der Waals surface area contributed by atoms with Gasteiger partial charge in [0.25, 0.3) is 0 Å². The van der Waals surface area contributed by atoms with Gasteiger partial charge in [-0.1, -0.05) is 34.3 Å². The lowest BCUT2D eigenvalue weighted by molar-refractivity contribution is -0.167. The number of rotatable bonds is 3. The lowest BCUT2D eigenvalue weighted by atomic mass is 9.53. The van der Waals surface area contributed by atoms with Crippen LogP contribution in [0.15, 0.2) is 12.2 Å². The highest BCUT2D eigenvalue weighted by molar-refractivity contribution is 5.87. The molecule has 2 aliphatic rings. The van der Waals surface area contributed by atoms with E-state index in [2.05, 4.69) is 34.3 Å². The number of ether oxygens (including phenoxy) is 1. The lowest BCUT2D eigenvalue weighted by Crippen LogP contribution is -2.51. The Morgan fingerprint density at radius 3 is 2.52 bits per heavy atom. The van der Waals surface area contributed by atoms with Gasteiger partial charge in [0, 0.05) is 11.0 Å². The fourth-order valence-electron chi connectivity index (χ4n) is 4.65. The summed E-state index contributed by atoms with van der Waals surface area (Å²) in [7, 11) is 0. The molecule has 5 atom stereocenters. The van der Waals surface area contributed by atoms with Crippen molar-refractivity contribution in [2.75, 3.05) is 0 Å². The molecule has 2 heteroatoms. The van der Waals surface area contributed by atoms with Gasteiger partial charge in [-0.05, 0) is 62.7 Å². The molecule has 0 heterocycles. The zero-order valence-corrected chi connectivity index (χ0v) is 14.4. The summed E-state index contributed by atoms with van der Waals surface area (Å²) >= 11 is 0. The van der Waals surface area contributed by atoms with E-state index in [0.29, 0.717) is 11.5 Å². The highest BCUT2D eigenvalue weighted by Gasteiger charge is 2.51. The molecule has 0 aromatic carbocycles. The molecule has 0 amide bonds. The molecule has 0 aliphatic heterocycles. The Morgan fingerprint density at radius 1 is 1.29 bits per heavy atom. The number of esters is 1. The van der Waals surface area contributed by atoms with Gasteiger partial charge >= 0.3 is 5.97 Å². The van der Waals surface area contributed by atoms with Crippen molar-refractivity contribution in [2.24, 2.45) is 29.1 Å². The van der Waals surface area contributed by atoms with Crippen molar-refractivity contribution < 1.29 is 9.53 Å². The van der Waals surface area contributed by atoms with Gasteiger partial charge in [-0.2, -0.15) is 0 Å². The molecule has 0 N–H and O–H groups in total. The number of hydrogen-bond donors (Lipinski definition) is 0. The second kappa shape index (κ2) is 6.14. The molecule has 21 heavy (non-hydrogen) atoms. The first-order chi connectivity index (χ1) is 9.75. The van der Waals surface area contributed by atoms with Gasteiger partial charge in [0.15, 0.2) is 0 Å². The predicted molar refractivity (Wildman–Crippen MR) is 86.9 cm³/mol. The zero-order chi connectivity index (χ0) is 15.8. The van der Waals surface area contributed by atoms with Gasteiger partial charge in [0.2, 0.25) is 0 Å². The van der Waals surface area contributed by atoms with E-state index in [1.807, 2.05) is 0 Å². The van der Waals surface area contributed by atoms with Crippen LogP contribution in [0, 0.1) is 29.1 Å². The molecule has 0 aromatic heterocycles. The Balaban J connectivity index is 2.16. The maximum Gasteiger partial charge on any atom is 0.333 e. The molecule has 1 unspecified atom stereocenters. The summed E-state index contributed by atoms with van der Waals surface area (Å²) < 4.78 is 5.83. The smallest absolute Gasteiger partial charge is 0.333 e. The number of carbonyl (C=O) groups excluding carboxylic acids is 1. The van der Waals surface area contributed by atoms with Crippen LogP contribution in [0.2, 0.25) is 0 Å². The Hall–Kier alpha value is -0.790. The molecule has 120 valence electrons. The summed E-state index contributed by atoms with van der Waals surface area (Å²) in [5.74, 6) is 2.83. The molecule has 0 bridgehead atoms. The van der Waals surface area contributed by atoms with Crippen LogP contribution in [-0.4, -0.2) is 12.1 Å². The minimum atomic E-state index is -0.208. The fraction of sp³-hybridized carbons (Fsp3) is 0.842.